The first kappa shape index (κ1) is 12.9. The first-order valence-corrected chi connectivity index (χ1v) is 7.10. The highest BCUT2D eigenvalue weighted by molar-refractivity contribution is 7.80. The van der Waals surface area contributed by atoms with Gasteiger partial charge in [-0.1, -0.05) is 0 Å². The number of ether oxygens (including phenoxy) is 1. The lowest BCUT2D eigenvalue weighted by Crippen LogP contribution is -2.34. The van der Waals surface area contributed by atoms with E-state index in [-0.39, 0.29) is 5.91 Å². The van der Waals surface area contributed by atoms with Gasteiger partial charge in [-0.05, 0) is 24.8 Å². The third kappa shape index (κ3) is 3.47. The molecule has 1 amide bonds. The maximum atomic E-state index is 12.1. The van der Waals surface area contributed by atoms with Crippen molar-refractivity contribution in [1.29, 1.82) is 0 Å². The van der Waals surface area contributed by atoms with Gasteiger partial charge in [-0.25, -0.2) is 0 Å². The molecule has 0 N–H and O–H groups in total. The topological polar surface area (TPSA) is 29.5 Å². The summed E-state index contributed by atoms with van der Waals surface area (Å²) < 4.78 is 5.42. The highest BCUT2D eigenvalue weighted by atomic mass is 32.1. The van der Waals surface area contributed by atoms with E-state index in [0.717, 1.165) is 42.4 Å². The van der Waals surface area contributed by atoms with Crippen LogP contribution < -0.4 is 0 Å². The fourth-order valence-electron chi connectivity index (χ4n) is 2.05. The molecule has 1 aromatic rings. The molecule has 1 atom stereocenters. The lowest BCUT2D eigenvalue weighted by atomic mass is 10.0. The van der Waals surface area contributed by atoms with E-state index >= 15 is 0 Å². The molecule has 1 saturated heterocycles. The molecular formula is C12H17NO2S2. The summed E-state index contributed by atoms with van der Waals surface area (Å²) in [5.41, 5.74) is 0. The Balaban J connectivity index is 1.90. The van der Waals surface area contributed by atoms with Gasteiger partial charge < -0.3 is 9.64 Å². The summed E-state index contributed by atoms with van der Waals surface area (Å²) in [6.45, 7) is 2.42. The van der Waals surface area contributed by atoms with Gasteiger partial charge in [0.2, 0.25) is 0 Å². The van der Waals surface area contributed by atoms with Crippen LogP contribution in [0.4, 0.5) is 0 Å². The Labute approximate surface area is 111 Å². The predicted molar refractivity (Wildman–Crippen MR) is 72.1 cm³/mol. The maximum absolute atomic E-state index is 12.1. The molecule has 0 aliphatic carbocycles. The molecule has 0 bridgehead atoms. The number of carbonyl (C=O) groups excluding carboxylic acids is 1. The van der Waals surface area contributed by atoms with Crippen LogP contribution in [0.3, 0.4) is 0 Å². The summed E-state index contributed by atoms with van der Waals surface area (Å²) in [5.74, 6) is 0.564. The van der Waals surface area contributed by atoms with Crippen molar-refractivity contribution < 1.29 is 9.53 Å². The van der Waals surface area contributed by atoms with Crippen LogP contribution in [0.1, 0.15) is 22.5 Å². The van der Waals surface area contributed by atoms with Crippen LogP contribution in [-0.2, 0) is 4.74 Å². The van der Waals surface area contributed by atoms with Gasteiger partial charge in [0, 0.05) is 30.5 Å². The largest absolute Gasteiger partial charge is 0.381 e. The van der Waals surface area contributed by atoms with Gasteiger partial charge in [-0.2, -0.15) is 0 Å². The normalized spacial score (nSPS) is 20.2. The number of amides is 1. The van der Waals surface area contributed by atoms with E-state index in [1.165, 1.54) is 11.3 Å². The molecule has 94 valence electrons. The summed E-state index contributed by atoms with van der Waals surface area (Å²) in [7, 11) is 1.86. The molecule has 0 radical (unpaired) electrons. The Hall–Kier alpha value is -0.520. The minimum absolute atomic E-state index is 0.0841. The van der Waals surface area contributed by atoms with E-state index in [1.54, 1.807) is 4.90 Å². The molecule has 1 fully saturated rings. The average Bonchev–Trinajstić information content (AvgIpc) is 2.76. The molecule has 3 nitrogen and oxygen atoms in total. The van der Waals surface area contributed by atoms with E-state index in [4.69, 9.17) is 4.74 Å². The molecule has 1 aliphatic rings. The van der Waals surface area contributed by atoms with Crippen molar-refractivity contribution in [2.45, 2.75) is 17.7 Å². The molecule has 17 heavy (non-hydrogen) atoms. The van der Waals surface area contributed by atoms with Crippen LogP contribution in [0.2, 0.25) is 0 Å². The maximum Gasteiger partial charge on any atom is 0.263 e. The van der Waals surface area contributed by atoms with Crippen LogP contribution in [0.5, 0.6) is 0 Å². The van der Waals surface area contributed by atoms with Gasteiger partial charge in [0.15, 0.2) is 0 Å². The van der Waals surface area contributed by atoms with E-state index < -0.39 is 0 Å². The van der Waals surface area contributed by atoms with Gasteiger partial charge in [0.05, 0.1) is 11.5 Å². The van der Waals surface area contributed by atoms with Crippen molar-refractivity contribution in [3.05, 3.63) is 16.3 Å². The van der Waals surface area contributed by atoms with Crippen molar-refractivity contribution in [3.8, 4) is 0 Å². The summed E-state index contributed by atoms with van der Waals surface area (Å²) in [6.07, 6.45) is 2.26. The fourth-order valence-corrected chi connectivity index (χ4v) is 3.19. The van der Waals surface area contributed by atoms with E-state index in [0.29, 0.717) is 5.92 Å². The summed E-state index contributed by atoms with van der Waals surface area (Å²) in [6, 6.07) is 1.82. The third-order valence-corrected chi connectivity index (χ3v) is 4.28. The lowest BCUT2D eigenvalue weighted by molar-refractivity contribution is 0.0390. The van der Waals surface area contributed by atoms with Gasteiger partial charge in [-0.3, -0.25) is 4.79 Å². The molecule has 1 unspecified atom stereocenters. The second kappa shape index (κ2) is 5.89. The Morgan fingerprint density at radius 2 is 2.53 bits per heavy atom. The number of thiophene rings is 1. The molecular weight excluding hydrogens is 254 g/mol. The average molecular weight is 271 g/mol. The van der Waals surface area contributed by atoms with Crippen molar-refractivity contribution in [1.82, 2.24) is 4.90 Å². The zero-order valence-corrected chi connectivity index (χ0v) is 11.6. The van der Waals surface area contributed by atoms with Gasteiger partial charge in [0.1, 0.15) is 0 Å². The van der Waals surface area contributed by atoms with Crippen LogP contribution in [0.25, 0.3) is 0 Å². The zero-order valence-electron chi connectivity index (χ0n) is 9.89. The number of nitrogens with zero attached hydrogens (tertiary/aromatic N) is 1. The van der Waals surface area contributed by atoms with Crippen molar-refractivity contribution in [2.75, 3.05) is 26.8 Å². The van der Waals surface area contributed by atoms with E-state index in [2.05, 4.69) is 12.6 Å². The predicted octanol–water partition coefficient (Wildman–Crippen LogP) is 2.54. The van der Waals surface area contributed by atoms with Crippen molar-refractivity contribution >= 4 is 29.9 Å². The molecule has 1 aliphatic heterocycles. The number of hydrogen-bond donors (Lipinski definition) is 1. The van der Waals surface area contributed by atoms with E-state index in [1.807, 2.05) is 18.5 Å². The Morgan fingerprint density at radius 3 is 3.12 bits per heavy atom. The molecule has 5 heteroatoms. The van der Waals surface area contributed by atoms with Gasteiger partial charge in [0.25, 0.3) is 5.91 Å². The number of thiol groups is 1. The SMILES string of the molecule is CN(CC1CCCOC1)C(=O)c1cc(S)cs1. The summed E-state index contributed by atoms with van der Waals surface area (Å²) >= 11 is 5.67. The van der Waals surface area contributed by atoms with Crippen LogP contribution >= 0.6 is 24.0 Å². The molecule has 2 rings (SSSR count). The van der Waals surface area contributed by atoms with Crippen molar-refractivity contribution in [3.63, 3.8) is 0 Å². The van der Waals surface area contributed by atoms with Crippen LogP contribution in [0, 0.1) is 5.92 Å². The quantitative estimate of drug-likeness (QED) is 0.856. The Bertz CT molecular complexity index is 386. The summed E-state index contributed by atoms with van der Waals surface area (Å²) in [4.78, 5) is 15.5. The minimum atomic E-state index is 0.0841. The van der Waals surface area contributed by atoms with Crippen LogP contribution in [-0.4, -0.2) is 37.6 Å². The smallest absolute Gasteiger partial charge is 0.263 e. The fraction of sp³-hybridized carbons (Fsp3) is 0.583. The minimum Gasteiger partial charge on any atom is -0.381 e. The lowest BCUT2D eigenvalue weighted by Gasteiger charge is -2.26. The second-order valence-corrected chi connectivity index (χ2v) is 5.87. The zero-order chi connectivity index (χ0) is 12.3. The standard InChI is InChI=1S/C12H17NO2S2/c1-13(6-9-3-2-4-15-7-9)12(14)11-5-10(16)8-17-11/h5,8-9,16H,2-4,6-7H2,1H3. The van der Waals surface area contributed by atoms with Gasteiger partial charge >= 0.3 is 0 Å². The molecule has 0 saturated carbocycles. The Morgan fingerprint density at radius 1 is 1.71 bits per heavy atom. The third-order valence-electron chi connectivity index (χ3n) is 2.93. The van der Waals surface area contributed by atoms with E-state index in [9.17, 15) is 4.79 Å². The molecule has 1 aromatic heterocycles. The first-order valence-electron chi connectivity index (χ1n) is 5.77. The number of carbonyl (C=O) groups is 1. The Kier molecular flexibility index (Phi) is 4.48. The highest BCUT2D eigenvalue weighted by Gasteiger charge is 2.20. The molecule has 2 heterocycles. The van der Waals surface area contributed by atoms with Crippen LogP contribution in [0.15, 0.2) is 16.3 Å². The van der Waals surface area contributed by atoms with Crippen molar-refractivity contribution in [2.24, 2.45) is 5.92 Å². The monoisotopic (exact) mass is 271 g/mol. The number of rotatable bonds is 3. The molecule has 0 aromatic carbocycles. The summed E-state index contributed by atoms with van der Waals surface area (Å²) in [5, 5.41) is 1.88. The molecule has 0 spiro atoms. The number of hydrogen-bond acceptors (Lipinski definition) is 4. The second-order valence-electron chi connectivity index (χ2n) is 4.44. The highest BCUT2D eigenvalue weighted by Crippen LogP contribution is 2.20. The first-order chi connectivity index (χ1) is 8.16. The van der Waals surface area contributed by atoms with Gasteiger partial charge in [-0.15, -0.1) is 24.0 Å².